The largest absolute Gasteiger partial charge is 0.505 e. The molecule has 0 atom stereocenters. The second kappa shape index (κ2) is 6.74. The van der Waals surface area contributed by atoms with Gasteiger partial charge in [-0.15, -0.1) is 0 Å². The highest BCUT2D eigenvalue weighted by atomic mass is 35.5. The van der Waals surface area contributed by atoms with Crippen LogP contribution in [-0.2, 0) is 17.6 Å². The summed E-state index contributed by atoms with van der Waals surface area (Å²) in [5.41, 5.74) is -0.276. The van der Waals surface area contributed by atoms with Gasteiger partial charge in [-0.25, -0.2) is 14.9 Å². The second-order valence-corrected chi connectivity index (χ2v) is 6.03. The number of phenols is 1. The van der Waals surface area contributed by atoms with Gasteiger partial charge in [0, 0.05) is 5.56 Å². The van der Waals surface area contributed by atoms with Crippen LogP contribution >= 0.6 is 23.2 Å². The molecule has 1 aliphatic heterocycles. The second-order valence-electron chi connectivity index (χ2n) is 5.22. The fraction of sp³-hybridized carbons (Fsp3) is 0.188. The van der Waals surface area contributed by atoms with Gasteiger partial charge in [0.25, 0.3) is 0 Å². The van der Waals surface area contributed by atoms with Crippen LogP contribution in [0.15, 0.2) is 41.4 Å². The summed E-state index contributed by atoms with van der Waals surface area (Å²) in [6.07, 6.45) is -4.47. The van der Waals surface area contributed by atoms with E-state index in [1.165, 1.54) is 35.4 Å². The lowest BCUT2D eigenvalue weighted by atomic mass is 10.1. The van der Waals surface area contributed by atoms with Crippen molar-refractivity contribution in [3.05, 3.63) is 63.1 Å². The number of nitrogens with zero attached hydrogens (tertiary/aromatic N) is 2. The minimum Gasteiger partial charge on any atom is -0.505 e. The van der Waals surface area contributed by atoms with Crippen LogP contribution in [-0.4, -0.2) is 22.7 Å². The molecule has 0 aromatic heterocycles. The minimum atomic E-state index is -4.47. The maximum absolute atomic E-state index is 13.1. The number of amidine groups is 1. The molecular formula is C16H11Cl2F3N2O2. The normalized spacial score (nSPS) is 14.8. The van der Waals surface area contributed by atoms with Gasteiger partial charge in [-0.2, -0.15) is 13.2 Å². The number of alkyl halides is 3. The van der Waals surface area contributed by atoms with Crippen molar-refractivity contribution in [2.75, 3.05) is 6.73 Å². The molecule has 0 amide bonds. The zero-order valence-electron chi connectivity index (χ0n) is 12.5. The molecule has 2 aromatic rings. The Balaban J connectivity index is 1.92. The first kappa shape index (κ1) is 17.8. The molecule has 0 bridgehead atoms. The first-order valence-electron chi connectivity index (χ1n) is 7.06. The molecule has 9 heteroatoms. The number of aliphatic imine (C=N–C) groups is 1. The Morgan fingerprint density at radius 1 is 1.16 bits per heavy atom. The number of benzene rings is 2. The molecule has 0 unspecified atom stereocenters. The highest BCUT2D eigenvalue weighted by Gasteiger charge is 2.34. The molecule has 4 nitrogen and oxygen atoms in total. The molecule has 2 aromatic carbocycles. The third-order valence-electron chi connectivity index (χ3n) is 3.58. The zero-order chi connectivity index (χ0) is 18.2. The molecule has 0 aliphatic carbocycles. The van der Waals surface area contributed by atoms with Gasteiger partial charge >= 0.3 is 6.18 Å². The van der Waals surface area contributed by atoms with E-state index in [0.29, 0.717) is 5.56 Å². The van der Waals surface area contributed by atoms with Gasteiger partial charge in [0.15, 0.2) is 18.3 Å². The highest BCUT2D eigenvalue weighted by Crippen LogP contribution is 2.35. The van der Waals surface area contributed by atoms with Crippen molar-refractivity contribution < 1.29 is 23.1 Å². The quantitative estimate of drug-likeness (QED) is 0.812. The number of aromatic hydroxyl groups is 1. The number of hydrogen-bond donors (Lipinski definition) is 1. The average molecular weight is 391 g/mol. The molecule has 1 N–H and O–H groups in total. The van der Waals surface area contributed by atoms with Crippen LogP contribution in [0.25, 0.3) is 0 Å². The number of rotatable bonds is 3. The molecule has 0 spiro atoms. The molecule has 0 fully saturated rings. The highest BCUT2D eigenvalue weighted by molar-refractivity contribution is 6.37. The summed E-state index contributed by atoms with van der Waals surface area (Å²) in [6, 6.07) is 8.06. The molecule has 0 saturated carbocycles. The lowest BCUT2D eigenvalue weighted by Crippen LogP contribution is -2.27. The van der Waals surface area contributed by atoms with Gasteiger partial charge in [0.1, 0.15) is 0 Å². The van der Waals surface area contributed by atoms with Crippen LogP contribution in [0.5, 0.6) is 5.75 Å². The smallest absolute Gasteiger partial charge is 0.416 e. The van der Waals surface area contributed by atoms with Crippen molar-refractivity contribution in [1.82, 2.24) is 5.06 Å². The van der Waals surface area contributed by atoms with E-state index in [9.17, 15) is 18.3 Å². The summed E-state index contributed by atoms with van der Waals surface area (Å²) in [4.78, 5) is 9.44. The molecule has 132 valence electrons. The van der Waals surface area contributed by atoms with Crippen LogP contribution in [0, 0.1) is 0 Å². The van der Waals surface area contributed by atoms with Gasteiger partial charge in [0.2, 0.25) is 0 Å². The summed E-state index contributed by atoms with van der Waals surface area (Å²) in [5, 5.41) is 10.9. The van der Waals surface area contributed by atoms with E-state index >= 15 is 0 Å². The number of hydroxylamine groups is 2. The van der Waals surface area contributed by atoms with E-state index in [4.69, 9.17) is 28.0 Å². The van der Waals surface area contributed by atoms with E-state index in [1.54, 1.807) is 0 Å². The maximum Gasteiger partial charge on any atom is 0.416 e. The summed E-state index contributed by atoms with van der Waals surface area (Å²) >= 11 is 11.8. The van der Waals surface area contributed by atoms with Crippen molar-refractivity contribution in [1.29, 1.82) is 0 Å². The summed E-state index contributed by atoms with van der Waals surface area (Å²) < 4.78 is 39.4. The molecule has 1 aliphatic rings. The Hall–Kier alpha value is -1.96. The van der Waals surface area contributed by atoms with Crippen molar-refractivity contribution in [2.24, 2.45) is 4.99 Å². The molecular weight excluding hydrogens is 380 g/mol. The van der Waals surface area contributed by atoms with E-state index in [2.05, 4.69) is 4.99 Å². The van der Waals surface area contributed by atoms with Crippen molar-refractivity contribution >= 4 is 29.0 Å². The molecule has 0 radical (unpaired) electrons. The van der Waals surface area contributed by atoms with Gasteiger partial charge in [-0.1, -0.05) is 41.4 Å². The van der Waals surface area contributed by atoms with E-state index in [1.807, 2.05) is 0 Å². The predicted molar refractivity (Wildman–Crippen MR) is 87.6 cm³/mol. The zero-order valence-corrected chi connectivity index (χ0v) is 14.0. The Labute approximate surface area is 151 Å². The standard InChI is InChI=1S/C16H11Cl2F3N2O2/c17-12-5-10(6-13(18)14(12)24)15-22-8-25-23(15)7-9-3-1-2-4-11(9)16(19,20)21/h1-6,24H,7-8H2. The number of halogens is 5. The maximum atomic E-state index is 13.1. The fourth-order valence-corrected chi connectivity index (χ4v) is 2.93. The molecule has 1 heterocycles. The number of phenolic OH excluding ortho intramolecular Hbond substituents is 1. The van der Waals surface area contributed by atoms with Gasteiger partial charge < -0.3 is 5.11 Å². The Morgan fingerprint density at radius 3 is 2.44 bits per heavy atom. The summed E-state index contributed by atoms with van der Waals surface area (Å²) in [6.45, 7) is -0.204. The molecule has 25 heavy (non-hydrogen) atoms. The van der Waals surface area contributed by atoms with Crippen molar-refractivity contribution in [2.45, 2.75) is 12.7 Å². The van der Waals surface area contributed by atoms with Gasteiger partial charge in [-0.3, -0.25) is 0 Å². The lowest BCUT2D eigenvalue weighted by molar-refractivity contribution is -0.139. The monoisotopic (exact) mass is 390 g/mol. The Kier molecular flexibility index (Phi) is 4.81. The topological polar surface area (TPSA) is 45.1 Å². The van der Waals surface area contributed by atoms with Crippen LogP contribution in [0.4, 0.5) is 13.2 Å². The van der Waals surface area contributed by atoms with Gasteiger partial charge in [-0.05, 0) is 23.8 Å². The van der Waals surface area contributed by atoms with Crippen LogP contribution in [0.1, 0.15) is 16.7 Å². The summed E-state index contributed by atoms with van der Waals surface area (Å²) in [5.74, 6) is 0.00124. The third kappa shape index (κ3) is 3.68. The molecule has 3 rings (SSSR count). The van der Waals surface area contributed by atoms with Crippen molar-refractivity contribution in [3.8, 4) is 5.75 Å². The van der Waals surface area contributed by atoms with Crippen molar-refractivity contribution in [3.63, 3.8) is 0 Å². The predicted octanol–water partition coefficient (Wildman–Crippen LogP) is 4.87. The lowest BCUT2D eigenvalue weighted by Gasteiger charge is -2.21. The van der Waals surface area contributed by atoms with E-state index in [-0.39, 0.29) is 40.5 Å². The first-order chi connectivity index (χ1) is 11.8. The van der Waals surface area contributed by atoms with E-state index < -0.39 is 11.7 Å². The Bertz CT molecular complexity index is 817. The third-order valence-corrected chi connectivity index (χ3v) is 4.15. The van der Waals surface area contributed by atoms with Gasteiger partial charge in [0.05, 0.1) is 22.2 Å². The summed E-state index contributed by atoms with van der Waals surface area (Å²) in [7, 11) is 0. The first-order valence-corrected chi connectivity index (χ1v) is 7.81. The minimum absolute atomic E-state index is 0.00717. The number of hydrogen-bond acceptors (Lipinski definition) is 4. The van der Waals surface area contributed by atoms with E-state index in [0.717, 1.165) is 6.07 Å². The fourth-order valence-electron chi connectivity index (χ4n) is 2.44. The molecule has 0 saturated heterocycles. The SMILES string of the molecule is Oc1c(Cl)cc(C2=NCON2Cc2ccccc2C(F)(F)F)cc1Cl. The Morgan fingerprint density at radius 2 is 1.80 bits per heavy atom. The van der Waals surface area contributed by atoms with Crippen LogP contribution in [0.3, 0.4) is 0 Å². The van der Waals surface area contributed by atoms with Crippen LogP contribution in [0.2, 0.25) is 10.0 Å². The van der Waals surface area contributed by atoms with Crippen LogP contribution < -0.4 is 0 Å². The average Bonchev–Trinajstić information content (AvgIpc) is 3.00.